The number of anilines is 1. The number of furan rings is 2. The molecule has 108 valence electrons. The molecule has 0 atom stereocenters. The van der Waals surface area contributed by atoms with Gasteiger partial charge in [0.1, 0.15) is 29.7 Å². The van der Waals surface area contributed by atoms with Crippen molar-refractivity contribution in [2.75, 3.05) is 5.32 Å². The lowest BCUT2D eigenvalue weighted by Crippen LogP contribution is -2.00. The molecular weight excluding hydrogens is 273 g/mol. The largest absolute Gasteiger partial charge is 0.464 e. The average molecular weight is 287 g/mol. The molecule has 2 N–H and O–H groups in total. The molecule has 0 unspecified atom stereocenters. The summed E-state index contributed by atoms with van der Waals surface area (Å²) in [6.45, 7) is 0.181. The third-order valence-corrected chi connectivity index (χ3v) is 3.10. The van der Waals surface area contributed by atoms with Crippen molar-refractivity contribution in [3.63, 3.8) is 0 Å². The van der Waals surface area contributed by atoms with E-state index in [0.717, 1.165) is 5.56 Å². The highest BCUT2D eigenvalue weighted by atomic mass is 19.1. The van der Waals surface area contributed by atoms with Crippen LogP contribution in [0.3, 0.4) is 0 Å². The molecule has 3 rings (SSSR count). The number of aliphatic hydroxyl groups is 1. The Labute approximate surface area is 120 Å². The average Bonchev–Trinajstić information content (AvgIpc) is 3.18. The van der Waals surface area contributed by atoms with Crippen LogP contribution in [0.1, 0.15) is 11.5 Å². The smallest absolute Gasteiger partial charge is 0.146 e. The molecule has 0 saturated heterocycles. The van der Waals surface area contributed by atoms with Crippen LogP contribution in [0.4, 0.5) is 10.1 Å². The maximum atomic E-state index is 13.8. The van der Waals surface area contributed by atoms with Crippen LogP contribution in [-0.2, 0) is 13.2 Å². The number of benzene rings is 1. The second kappa shape index (κ2) is 5.85. The minimum atomic E-state index is -0.348. The van der Waals surface area contributed by atoms with E-state index < -0.39 is 0 Å². The summed E-state index contributed by atoms with van der Waals surface area (Å²) in [7, 11) is 0. The van der Waals surface area contributed by atoms with Gasteiger partial charge >= 0.3 is 0 Å². The molecule has 4 nitrogen and oxygen atoms in total. The van der Waals surface area contributed by atoms with E-state index in [1.807, 2.05) is 6.07 Å². The number of rotatable bonds is 5. The Morgan fingerprint density at radius 1 is 1.10 bits per heavy atom. The van der Waals surface area contributed by atoms with E-state index in [1.54, 1.807) is 36.6 Å². The molecule has 1 aromatic carbocycles. The van der Waals surface area contributed by atoms with Crippen LogP contribution in [0.15, 0.2) is 57.6 Å². The SMILES string of the molecule is OCc1ccc(CNc2cc(-c3ccco3)ccc2F)o1. The predicted octanol–water partition coefficient (Wildman–Crippen LogP) is 3.78. The molecule has 2 heterocycles. The minimum Gasteiger partial charge on any atom is -0.464 e. The molecule has 0 fully saturated rings. The van der Waals surface area contributed by atoms with E-state index in [9.17, 15) is 4.39 Å². The van der Waals surface area contributed by atoms with Gasteiger partial charge in [0.2, 0.25) is 0 Å². The molecule has 21 heavy (non-hydrogen) atoms. The van der Waals surface area contributed by atoms with Crippen LogP contribution < -0.4 is 5.32 Å². The highest BCUT2D eigenvalue weighted by molar-refractivity contribution is 5.64. The van der Waals surface area contributed by atoms with Crippen molar-refractivity contribution in [1.29, 1.82) is 0 Å². The zero-order valence-corrected chi connectivity index (χ0v) is 11.2. The van der Waals surface area contributed by atoms with Gasteiger partial charge in [0.25, 0.3) is 0 Å². The first-order valence-electron chi connectivity index (χ1n) is 6.52. The molecule has 0 aliphatic carbocycles. The summed E-state index contributed by atoms with van der Waals surface area (Å²) < 4.78 is 24.5. The first kappa shape index (κ1) is 13.5. The van der Waals surface area contributed by atoms with Crippen molar-refractivity contribution in [2.24, 2.45) is 0 Å². The van der Waals surface area contributed by atoms with E-state index in [0.29, 0.717) is 29.5 Å². The van der Waals surface area contributed by atoms with Gasteiger partial charge in [0.15, 0.2) is 0 Å². The van der Waals surface area contributed by atoms with Gasteiger partial charge in [-0.15, -0.1) is 0 Å². The van der Waals surface area contributed by atoms with Crippen LogP contribution in [0.2, 0.25) is 0 Å². The topological polar surface area (TPSA) is 58.5 Å². The lowest BCUT2D eigenvalue weighted by Gasteiger charge is -2.07. The summed E-state index contributed by atoms with van der Waals surface area (Å²) in [5.74, 6) is 1.44. The van der Waals surface area contributed by atoms with Crippen molar-refractivity contribution in [3.8, 4) is 11.3 Å². The molecule has 0 spiro atoms. The third-order valence-electron chi connectivity index (χ3n) is 3.10. The molecule has 0 amide bonds. The fraction of sp³-hybridized carbons (Fsp3) is 0.125. The minimum absolute atomic E-state index is 0.150. The monoisotopic (exact) mass is 287 g/mol. The Kier molecular flexibility index (Phi) is 3.75. The molecule has 5 heteroatoms. The van der Waals surface area contributed by atoms with Crippen LogP contribution in [0, 0.1) is 5.82 Å². The first-order chi connectivity index (χ1) is 10.3. The second-order valence-electron chi connectivity index (χ2n) is 4.55. The Bertz CT molecular complexity index is 719. The van der Waals surface area contributed by atoms with Crippen molar-refractivity contribution in [3.05, 3.63) is 66.1 Å². The highest BCUT2D eigenvalue weighted by Gasteiger charge is 2.08. The molecule has 2 aromatic heterocycles. The Morgan fingerprint density at radius 3 is 2.67 bits per heavy atom. The van der Waals surface area contributed by atoms with Gasteiger partial charge in [-0.2, -0.15) is 0 Å². The quantitative estimate of drug-likeness (QED) is 0.749. The lowest BCUT2D eigenvalue weighted by molar-refractivity contribution is 0.244. The van der Waals surface area contributed by atoms with Gasteiger partial charge < -0.3 is 19.3 Å². The normalized spacial score (nSPS) is 10.8. The number of aliphatic hydroxyl groups excluding tert-OH is 1. The number of halogens is 1. The fourth-order valence-corrected chi connectivity index (χ4v) is 2.04. The van der Waals surface area contributed by atoms with Gasteiger partial charge in [-0.3, -0.25) is 0 Å². The van der Waals surface area contributed by atoms with Gasteiger partial charge in [-0.05, 0) is 42.5 Å². The summed E-state index contributed by atoms with van der Waals surface area (Å²) in [5.41, 5.74) is 1.16. The Balaban J connectivity index is 1.76. The molecule has 3 aromatic rings. The summed E-state index contributed by atoms with van der Waals surface area (Å²) in [6.07, 6.45) is 1.57. The number of nitrogens with one attached hydrogen (secondary N) is 1. The Morgan fingerprint density at radius 2 is 1.95 bits per heavy atom. The third kappa shape index (κ3) is 2.98. The summed E-state index contributed by atoms with van der Waals surface area (Å²) in [5, 5.41) is 11.9. The van der Waals surface area contributed by atoms with Gasteiger partial charge in [0, 0.05) is 5.56 Å². The van der Waals surface area contributed by atoms with Gasteiger partial charge in [-0.25, -0.2) is 4.39 Å². The van der Waals surface area contributed by atoms with Gasteiger partial charge in [-0.1, -0.05) is 0 Å². The summed E-state index contributed by atoms with van der Waals surface area (Å²) in [4.78, 5) is 0. The van der Waals surface area contributed by atoms with E-state index in [2.05, 4.69) is 5.32 Å². The Hall–Kier alpha value is -2.53. The molecular formula is C16H14FNO3. The molecule has 0 aliphatic heterocycles. The fourth-order valence-electron chi connectivity index (χ4n) is 2.04. The lowest BCUT2D eigenvalue weighted by atomic mass is 10.1. The van der Waals surface area contributed by atoms with Crippen LogP contribution in [0.25, 0.3) is 11.3 Å². The van der Waals surface area contributed by atoms with Crippen molar-refractivity contribution in [1.82, 2.24) is 0 Å². The number of hydrogen-bond donors (Lipinski definition) is 2. The van der Waals surface area contributed by atoms with Crippen molar-refractivity contribution in [2.45, 2.75) is 13.2 Å². The highest BCUT2D eigenvalue weighted by Crippen LogP contribution is 2.25. The molecule has 0 radical (unpaired) electrons. The maximum absolute atomic E-state index is 13.8. The van der Waals surface area contributed by atoms with Crippen LogP contribution in [0.5, 0.6) is 0 Å². The molecule has 0 bridgehead atoms. The van der Waals surface area contributed by atoms with E-state index >= 15 is 0 Å². The van der Waals surface area contributed by atoms with E-state index in [1.165, 1.54) is 6.07 Å². The maximum Gasteiger partial charge on any atom is 0.146 e. The van der Waals surface area contributed by atoms with Crippen LogP contribution >= 0.6 is 0 Å². The standard InChI is InChI=1S/C16H14FNO3/c17-14-6-3-11(16-2-1-7-20-16)8-15(14)18-9-12-4-5-13(10-19)21-12/h1-8,18-19H,9-10H2. The van der Waals surface area contributed by atoms with Crippen molar-refractivity contribution < 1.29 is 18.3 Å². The zero-order chi connectivity index (χ0) is 14.7. The van der Waals surface area contributed by atoms with Crippen LogP contribution in [-0.4, -0.2) is 5.11 Å². The van der Waals surface area contributed by atoms with E-state index in [4.69, 9.17) is 13.9 Å². The summed E-state index contributed by atoms with van der Waals surface area (Å²) >= 11 is 0. The number of hydrogen-bond acceptors (Lipinski definition) is 4. The molecule has 0 saturated carbocycles. The predicted molar refractivity (Wildman–Crippen MR) is 76.1 cm³/mol. The van der Waals surface area contributed by atoms with Crippen molar-refractivity contribution >= 4 is 5.69 Å². The van der Waals surface area contributed by atoms with Gasteiger partial charge in [0.05, 0.1) is 18.5 Å². The molecule has 0 aliphatic rings. The summed E-state index contributed by atoms with van der Waals surface area (Å²) in [6, 6.07) is 11.8. The zero-order valence-electron chi connectivity index (χ0n) is 11.2. The van der Waals surface area contributed by atoms with E-state index in [-0.39, 0.29) is 12.4 Å². The first-order valence-corrected chi connectivity index (χ1v) is 6.52. The second-order valence-corrected chi connectivity index (χ2v) is 4.55.